The van der Waals surface area contributed by atoms with Gasteiger partial charge in [-0.25, -0.2) is 18.0 Å². The maximum Gasteiger partial charge on any atom is 0.411 e. The van der Waals surface area contributed by atoms with Crippen molar-refractivity contribution in [1.29, 1.82) is 0 Å². The van der Waals surface area contributed by atoms with Crippen LogP contribution in [0, 0.1) is 27.6 Å². The van der Waals surface area contributed by atoms with Gasteiger partial charge in [-0.1, -0.05) is 0 Å². The average Bonchev–Trinajstić information content (AvgIpc) is 3.16. The number of benzene rings is 3. The molecule has 35 heavy (non-hydrogen) atoms. The van der Waals surface area contributed by atoms with E-state index in [4.69, 9.17) is 4.74 Å². The smallest absolute Gasteiger partial charge is 0.411 e. The molecular formula is C25H18F3N3O4. The molecule has 1 fully saturated rings. The molecule has 4 aromatic rings. The Morgan fingerprint density at radius 3 is 2.34 bits per heavy atom. The van der Waals surface area contributed by atoms with Crippen molar-refractivity contribution in [3.63, 3.8) is 0 Å². The molecule has 7 nitrogen and oxygen atoms in total. The van der Waals surface area contributed by atoms with E-state index in [0.29, 0.717) is 40.7 Å². The van der Waals surface area contributed by atoms with Crippen LogP contribution in [0.4, 0.5) is 29.3 Å². The number of amides is 1. The van der Waals surface area contributed by atoms with E-state index in [1.54, 1.807) is 12.1 Å². The molecule has 0 radical (unpaired) electrons. The Morgan fingerprint density at radius 2 is 1.69 bits per heavy atom. The van der Waals surface area contributed by atoms with E-state index in [2.05, 4.69) is 10.3 Å². The Labute approximate surface area is 196 Å². The van der Waals surface area contributed by atoms with Gasteiger partial charge in [0.1, 0.15) is 23.6 Å². The summed E-state index contributed by atoms with van der Waals surface area (Å²) in [5.74, 6) is -2.01. The Balaban J connectivity index is 1.33. The number of halogens is 3. The zero-order chi connectivity index (χ0) is 24.7. The molecule has 1 heterocycles. The number of aromatic nitrogens is 1. The first-order valence-corrected chi connectivity index (χ1v) is 10.8. The maximum atomic E-state index is 14.5. The van der Waals surface area contributed by atoms with Crippen LogP contribution < -0.4 is 5.32 Å². The Hall–Kier alpha value is -4.34. The summed E-state index contributed by atoms with van der Waals surface area (Å²) < 4.78 is 47.4. The van der Waals surface area contributed by atoms with E-state index < -0.39 is 34.6 Å². The lowest BCUT2D eigenvalue weighted by Crippen LogP contribution is -2.33. The third-order valence-electron chi connectivity index (χ3n) is 6.10. The molecule has 5 rings (SSSR count). The summed E-state index contributed by atoms with van der Waals surface area (Å²) in [6.07, 6.45) is -0.292. The van der Waals surface area contributed by atoms with Gasteiger partial charge in [0.15, 0.2) is 0 Å². The zero-order valence-electron chi connectivity index (χ0n) is 18.1. The van der Waals surface area contributed by atoms with Crippen LogP contribution in [0.1, 0.15) is 24.3 Å². The lowest BCUT2D eigenvalue weighted by molar-refractivity contribution is -0.384. The van der Waals surface area contributed by atoms with Crippen molar-refractivity contribution in [2.24, 2.45) is 0 Å². The minimum atomic E-state index is -0.732. The number of ether oxygens (including phenoxy) is 1. The lowest BCUT2D eigenvalue weighted by atomic mass is 9.75. The third-order valence-corrected chi connectivity index (χ3v) is 6.10. The van der Waals surface area contributed by atoms with Crippen LogP contribution in [-0.4, -0.2) is 22.1 Å². The van der Waals surface area contributed by atoms with Gasteiger partial charge < -0.3 is 9.72 Å². The average molecular weight is 481 g/mol. The van der Waals surface area contributed by atoms with Gasteiger partial charge in [-0.2, -0.15) is 0 Å². The number of hydrogen-bond donors (Lipinski definition) is 2. The molecule has 0 atom stereocenters. The second kappa shape index (κ2) is 8.79. The lowest BCUT2D eigenvalue weighted by Gasteiger charge is -2.35. The first kappa shape index (κ1) is 22.5. The Morgan fingerprint density at radius 1 is 1.00 bits per heavy atom. The molecule has 0 spiro atoms. The summed E-state index contributed by atoms with van der Waals surface area (Å²) in [7, 11) is 0. The molecule has 0 aliphatic heterocycles. The van der Waals surface area contributed by atoms with Crippen molar-refractivity contribution in [2.45, 2.75) is 24.9 Å². The number of non-ortho nitro benzene ring substituents is 1. The van der Waals surface area contributed by atoms with Gasteiger partial charge in [0.05, 0.1) is 16.1 Å². The molecule has 0 saturated heterocycles. The molecule has 3 aromatic carbocycles. The standard InChI is InChI=1S/C25H18F3N3O4/c26-15-3-1-13(2-4-15)23-22(20-11-16(27)12-21(28)24(20)30-23)14-9-19(10-14)35-25(32)29-17-5-7-18(8-6-17)31(33)34/h1-8,11-12,14,19,30H,9-10H2,(H,29,32). The number of H-pyrrole nitrogens is 1. The van der Waals surface area contributed by atoms with E-state index in [0.717, 1.165) is 6.07 Å². The van der Waals surface area contributed by atoms with Crippen molar-refractivity contribution in [3.8, 4) is 11.3 Å². The fraction of sp³-hybridized carbons (Fsp3) is 0.160. The number of nitrogens with zero attached hydrogens (tertiary/aromatic N) is 1. The monoisotopic (exact) mass is 481 g/mol. The van der Waals surface area contributed by atoms with Gasteiger partial charge in [0.25, 0.3) is 5.69 Å². The maximum absolute atomic E-state index is 14.5. The predicted molar refractivity (Wildman–Crippen MR) is 123 cm³/mol. The second-order valence-corrected chi connectivity index (χ2v) is 8.36. The number of carbonyl (C=O) groups is 1. The molecule has 1 aliphatic carbocycles. The minimum Gasteiger partial charge on any atom is -0.446 e. The molecule has 178 valence electrons. The normalized spacial score (nSPS) is 17.1. The summed E-state index contributed by atoms with van der Waals surface area (Å²) in [6.45, 7) is 0. The minimum absolute atomic E-state index is 0.102. The molecule has 0 unspecified atom stereocenters. The number of aromatic amines is 1. The van der Waals surface area contributed by atoms with Crippen LogP contribution in [0.3, 0.4) is 0 Å². The van der Waals surface area contributed by atoms with E-state index in [9.17, 15) is 28.1 Å². The summed E-state index contributed by atoms with van der Waals surface area (Å²) in [4.78, 5) is 25.4. The quantitative estimate of drug-likeness (QED) is 0.246. The van der Waals surface area contributed by atoms with Gasteiger partial charge in [0, 0.05) is 29.3 Å². The first-order chi connectivity index (χ1) is 16.8. The van der Waals surface area contributed by atoms with E-state index in [1.165, 1.54) is 42.5 Å². The third kappa shape index (κ3) is 4.42. The van der Waals surface area contributed by atoms with Gasteiger partial charge in [0.2, 0.25) is 0 Å². The number of carbonyl (C=O) groups excluding carboxylic acids is 1. The number of hydrogen-bond acceptors (Lipinski definition) is 4. The highest BCUT2D eigenvalue weighted by molar-refractivity contribution is 5.92. The van der Waals surface area contributed by atoms with E-state index >= 15 is 0 Å². The fourth-order valence-electron chi connectivity index (χ4n) is 4.37. The molecular weight excluding hydrogens is 463 g/mol. The van der Waals surface area contributed by atoms with Gasteiger partial charge in [-0.3, -0.25) is 15.4 Å². The van der Waals surface area contributed by atoms with Crippen LogP contribution in [0.5, 0.6) is 0 Å². The zero-order valence-corrected chi connectivity index (χ0v) is 18.1. The molecule has 1 saturated carbocycles. The largest absolute Gasteiger partial charge is 0.446 e. The molecule has 2 N–H and O–H groups in total. The van der Waals surface area contributed by atoms with Gasteiger partial charge in [-0.05, 0) is 72.4 Å². The predicted octanol–water partition coefficient (Wildman–Crippen LogP) is 6.66. The van der Waals surface area contributed by atoms with Crippen LogP contribution in [0.15, 0.2) is 60.7 Å². The summed E-state index contributed by atoms with van der Waals surface area (Å²) in [5, 5.41) is 13.6. The van der Waals surface area contributed by atoms with Gasteiger partial charge >= 0.3 is 6.09 Å². The van der Waals surface area contributed by atoms with Crippen molar-refractivity contribution >= 4 is 28.4 Å². The summed E-state index contributed by atoms with van der Waals surface area (Å²) >= 11 is 0. The van der Waals surface area contributed by atoms with E-state index in [1.807, 2.05) is 0 Å². The topological polar surface area (TPSA) is 97.3 Å². The van der Waals surface area contributed by atoms with Crippen LogP contribution >= 0.6 is 0 Å². The Bertz CT molecular complexity index is 1430. The highest BCUT2D eigenvalue weighted by Gasteiger charge is 2.37. The van der Waals surface area contributed by atoms with Crippen molar-refractivity contribution in [1.82, 2.24) is 4.98 Å². The SMILES string of the molecule is O=C(Nc1ccc([N+](=O)[O-])cc1)OC1CC(c2c(-c3ccc(F)cc3)[nH]c3c(F)cc(F)cc23)C1. The summed E-state index contributed by atoms with van der Waals surface area (Å²) in [6, 6.07) is 13.1. The first-order valence-electron chi connectivity index (χ1n) is 10.8. The van der Waals surface area contributed by atoms with Gasteiger partial charge in [-0.15, -0.1) is 0 Å². The van der Waals surface area contributed by atoms with Crippen LogP contribution in [0.2, 0.25) is 0 Å². The van der Waals surface area contributed by atoms with Crippen molar-refractivity contribution in [2.75, 3.05) is 5.32 Å². The molecule has 1 aliphatic rings. The highest BCUT2D eigenvalue weighted by atomic mass is 19.1. The number of anilines is 1. The van der Waals surface area contributed by atoms with Crippen LogP contribution in [0.25, 0.3) is 22.2 Å². The van der Waals surface area contributed by atoms with Crippen molar-refractivity contribution < 1.29 is 27.6 Å². The number of nitro groups is 1. The molecule has 0 bridgehead atoms. The second-order valence-electron chi connectivity index (χ2n) is 8.36. The fourth-order valence-corrected chi connectivity index (χ4v) is 4.37. The van der Waals surface area contributed by atoms with Crippen LogP contribution in [-0.2, 0) is 4.74 Å². The number of rotatable bonds is 5. The summed E-state index contributed by atoms with van der Waals surface area (Å²) in [5.41, 5.74) is 2.26. The van der Waals surface area contributed by atoms with E-state index in [-0.39, 0.29) is 17.1 Å². The molecule has 1 aromatic heterocycles. The number of fused-ring (bicyclic) bond motifs is 1. The van der Waals surface area contributed by atoms with Crippen molar-refractivity contribution in [3.05, 3.63) is 93.8 Å². The Kier molecular flexibility index (Phi) is 5.64. The molecule has 10 heteroatoms. The highest BCUT2D eigenvalue weighted by Crippen LogP contribution is 2.46. The number of nitrogens with one attached hydrogen (secondary N) is 2. The number of nitro benzene ring substituents is 1. The molecule has 1 amide bonds.